The number of hydrogen-bond donors (Lipinski definition) is 3. The van der Waals surface area contributed by atoms with Gasteiger partial charge in [-0.05, 0) is 24.8 Å². The highest BCUT2D eigenvalue weighted by molar-refractivity contribution is 5.76. The molecule has 0 heterocycles. The summed E-state index contributed by atoms with van der Waals surface area (Å²) in [6.45, 7) is 0.0156. The van der Waals surface area contributed by atoms with E-state index in [-0.39, 0.29) is 30.0 Å². The fourth-order valence-corrected chi connectivity index (χ4v) is 2.70. The van der Waals surface area contributed by atoms with Crippen LogP contribution < -0.4 is 11.1 Å². The molecule has 1 fully saturated rings. The summed E-state index contributed by atoms with van der Waals surface area (Å²) >= 11 is 0. The number of halogens is 1. The monoisotopic (exact) mass is 280 g/mol. The van der Waals surface area contributed by atoms with E-state index < -0.39 is 11.9 Å². The molecule has 0 radical (unpaired) electrons. The van der Waals surface area contributed by atoms with Gasteiger partial charge in [-0.25, -0.2) is 4.39 Å². The number of aliphatic hydroxyl groups excluding tert-OH is 1. The van der Waals surface area contributed by atoms with Crippen molar-refractivity contribution >= 4 is 5.91 Å². The van der Waals surface area contributed by atoms with Crippen molar-refractivity contribution in [2.45, 2.75) is 37.8 Å². The van der Waals surface area contributed by atoms with Gasteiger partial charge in [-0.3, -0.25) is 4.79 Å². The molecular weight excluding hydrogens is 259 g/mol. The molecule has 110 valence electrons. The quantitative estimate of drug-likeness (QED) is 0.765. The lowest BCUT2D eigenvalue weighted by Crippen LogP contribution is -2.33. The van der Waals surface area contributed by atoms with Crippen LogP contribution in [0.4, 0.5) is 4.39 Å². The van der Waals surface area contributed by atoms with E-state index in [1.165, 1.54) is 12.1 Å². The third kappa shape index (κ3) is 3.77. The molecule has 3 atom stereocenters. The highest BCUT2D eigenvalue weighted by atomic mass is 19.1. The Balaban J connectivity index is 1.80. The first-order valence-electron chi connectivity index (χ1n) is 7.02. The summed E-state index contributed by atoms with van der Waals surface area (Å²) in [6, 6.07) is 6.11. The van der Waals surface area contributed by atoms with Crippen LogP contribution in [0.25, 0.3) is 0 Å². The highest BCUT2D eigenvalue weighted by Crippen LogP contribution is 2.26. The van der Waals surface area contributed by atoms with Gasteiger partial charge in [0.25, 0.3) is 0 Å². The first-order valence-corrected chi connectivity index (χ1v) is 7.02. The van der Waals surface area contributed by atoms with Crippen LogP contribution >= 0.6 is 0 Å². The molecule has 2 rings (SSSR count). The molecule has 0 spiro atoms. The minimum atomic E-state index is -1.03. The van der Waals surface area contributed by atoms with Gasteiger partial charge < -0.3 is 16.2 Å². The summed E-state index contributed by atoms with van der Waals surface area (Å²) in [7, 11) is 0. The average Bonchev–Trinajstić information content (AvgIpc) is 2.82. The molecule has 1 aliphatic carbocycles. The van der Waals surface area contributed by atoms with Crippen LogP contribution in [0.3, 0.4) is 0 Å². The Morgan fingerprint density at radius 1 is 1.45 bits per heavy atom. The average molecular weight is 280 g/mol. The van der Waals surface area contributed by atoms with Gasteiger partial charge in [-0.15, -0.1) is 0 Å². The van der Waals surface area contributed by atoms with Crippen LogP contribution in [0.2, 0.25) is 0 Å². The maximum absolute atomic E-state index is 13.5. The third-order valence-electron chi connectivity index (χ3n) is 3.92. The van der Waals surface area contributed by atoms with Crippen molar-refractivity contribution in [3.05, 3.63) is 35.6 Å². The van der Waals surface area contributed by atoms with Crippen molar-refractivity contribution in [1.29, 1.82) is 0 Å². The molecule has 0 aromatic heterocycles. The predicted molar refractivity (Wildman–Crippen MR) is 74.3 cm³/mol. The van der Waals surface area contributed by atoms with Gasteiger partial charge in [0.15, 0.2) is 0 Å². The van der Waals surface area contributed by atoms with Crippen molar-refractivity contribution in [1.82, 2.24) is 5.32 Å². The van der Waals surface area contributed by atoms with Crippen LogP contribution in [0, 0.1) is 11.7 Å². The van der Waals surface area contributed by atoms with Gasteiger partial charge in [0, 0.05) is 24.6 Å². The number of amides is 1. The number of nitrogens with two attached hydrogens (primary N) is 1. The Bertz CT molecular complexity index is 467. The minimum absolute atomic E-state index is 0.0156. The van der Waals surface area contributed by atoms with Crippen molar-refractivity contribution < 1.29 is 14.3 Å². The lowest BCUT2D eigenvalue weighted by Gasteiger charge is -2.16. The van der Waals surface area contributed by atoms with E-state index in [0.717, 1.165) is 19.3 Å². The van der Waals surface area contributed by atoms with E-state index in [0.29, 0.717) is 6.42 Å². The van der Waals surface area contributed by atoms with Crippen LogP contribution in [0.5, 0.6) is 0 Å². The normalized spacial score (nSPS) is 23.6. The fraction of sp³-hybridized carbons (Fsp3) is 0.533. The molecule has 0 aliphatic heterocycles. The standard InChI is InChI=1S/C15H21FN2O2/c16-12-6-2-1-5-11(12)14(19)9-18-15(20)8-10-4-3-7-13(10)17/h1-2,5-6,10,13-14,19H,3-4,7-9,17H2,(H,18,20)/t10-,13+,14?/m0/s1. The van der Waals surface area contributed by atoms with Crippen LogP contribution in [0.15, 0.2) is 24.3 Å². The number of nitrogens with one attached hydrogen (secondary N) is 1. The van der Waals surface area contributed by atoms with Crippen molar-refractivity contribution in [2.24, 2.45) is 11.7 Å². The zero-order valence-corrected chi connectivity index (χ0v) is 11.4. The highest BCUT2D eigenvalue weighted by Gasteiger charge is 2.26. The van der Waals surface area contributed by atoms with Gasteiger partial charge >= 0.3 is 0 Å². The van der Waals surface area contributed by atoms with Gasteiger partial charge in [0.2, 0.25) is 5.91 Å². The third-order valence-corrected chi connectivity index (χ3v) is 3.92. The molecule has 1 amide bonds. The Morgan fingerprint density at radius 2 is 2.20 bits per heavy atom. The smallest absolute Gasteiger partial charge is 0.220 e. The molecule has 0 saturated heterocycles. The molecule has 1 aromatic rings. The Labute approximate surface area is 118 Å². The van der Waals surface area contributed by atoms with Gasteiger partial charge in [0.05, 0.1) is 6.10 Å². The van der Waals surface area contributed by atoms with Crippen molar-refractivity contribution in [3.63, 3.8) is 0 Å². The largest absolute Gasteiger partial charge is 0.386 e. The number of carbonyl (C=O) groups is 1. The summed E-state index contributed by atoms with van der Waals surface area (Å²) in [5.41, 5.74) is 6.11. The number of rotatable bonds is 5. The summed E-state index contributed by atoms with van der Waals surface area (Å²) < 4.78 is 13.5. The van der Waals surface area contributed by atoms with Crippen molar-refractivity contribution in [3.8, 4) is 0 Å². The maximum Gasteiger partial charge on any atom is 0.220 e. The van der Waals surface area contributed by atoms with Crippen molar-refractivity contribution in [2.75, 3.05) is 6.54 Å². The summed E-state index contributed by atoms with van der Waals surface area (Å²) in [5, 5.41) is 12.5. The second-order valence-electron chi connectivity index (χ2n) is 5.40. The molecule has 0 bridgehead atoms. The number of aliphatic hydroxyl groups is 1. The number of hydrogen-bond acceptors (Lipinski definition) is 3. The molecule has 1 aromatic carbocycles. The molecule has 4 nitrogen and oxygen atoms in total. The second-order valence-corrected chi connectivity index (χ2v) is 5.40. The van der Waals surface area contributed by atoms with Crippen LogP contribution in [-0.4, -0.2) is 23.6 Å². The zero-order chi connectivity index (χ0) is 14.5. The summed E-state index contributed by atoms with van der Waals surface area (Å²) in [5.74, 6) is -0.379. The SMILES string of the molecule is N[C@@H]1CCC[C@H]1CC(=O)NCC(O)c1ccccc1F. The molecule has 1 unspecified atom stereocenters. The van der Waals surface area contributed by atoms with Gasteiger partial charge in [-0.2, -0.15) is 0 Å². The number of benzene rings is 1. The van der Waals surface area contributed by atoms with E-state index in [4.69, 9.17) is 5.73 Å². The number of carbonyl (C=O) groups excluding carboxylic acids is 1. The molecule has 20 heavy (non-hydrogen) atoms. The molecule has 5 heteroatoms. The summed E-state index contributed by atoms with van der Waals surface area (Å²) in [6.07, 6.45) is 2.36. The van der Waals surface area contributed by atoms with E-state index in [2.05, 4.69) is 5.32 Å². The predicted octanol–water partition coefficient (Wildman–Crippen LogP) is 1.49. The first-order chi connectivity index (χ1) is 9.58. The van der Waals surface area contributed by atoms with Crippen LogP contribution in [0.1, 0.15) is 37.4 Å². The maximum atomic E-state index is 13.5. The molecule has 1 aliphatic rings. The molecule has 4 N–H and O–H groups in total. The minimum Gasteiger partial charge on any atom is -0.386 e. The van der Waals surface area contributed by atoms with E-state index in [9.17, 15) is 14.3 Å². The fourth-order valence-electron chi connectivity index (χ4n) is 2.70. The lowest BCUT2D eigenvalue weighted by molar-refractivity contribution is -0.122. The summed E-state index contributed by atoms with van der Waals surface area (Å²) in [4.78, 5) is 11.8. The van der Waals surface area contributed by atoms with E-state index in [1.807, 2.05) is 0 Å². The lowest BCUT2D eigenvalue weighted by atomic mass is 10.00. The Morgan fingerprint density at radius 3 is 2.85 bits per heavy atom. The van der Waals surface area contributed by atoms with Gasteiger partial charge in [-0.1, -0.05) is 24.6 Å². The van der Waals surface area contributed by atoms with Crippen LogP contribution in [-0.2, 0) is 4.79 Å². The van der Waals surface area contributed by atoms with E-state index >= 15 is 0 Å². The Kier molecular flexibility index (Phi) is 5.09. The van der Waals surface area contributed by atoms with Gasteiger partial charge in [0.1, 0.15) is 5.82 Å². The topological polar surface area (TPSA) is 75.4 Å². The van der Waals surface area contributed by atoms with E-state index in [1.54, 1.807) is 12.1 Å². The Hall–Kier alpha value is -1.46. The first kappa shape index (κ1) is 14.9. The molecule has 1 saturated carbocycles. The zero-order valence-electron chi connectivity index (χ0n) is 11.4. The molecular formula is C15H21FN2O2. The second kappa shape index (κ2) is 6.81.